The van der Waals surface area contributed by atoms with Crippen LogP contribution in [0, 0.1) is 0 Å². The Labute approximate surface area is 193 Å². The fraction of sp³-hybridized carbons (Fsp3) is 0.720. The van der Waals surface area contributed by atoms with Gasteiger partial charge in [0.25, 0.3) is 0 Å². The minimum absolute atomic E-state index is 0.112. The van der Waals surface area contributed by atoms with Crippen molar-refractivity contribution in [1.82, 2.24) is 9.21 Å². The van der Waals surface area contributed by atoms with Gasteiger partial charge in [-0.25, -0.2) is 8.42 Å². The molecule has 1 heterocycles. The molecular formula is C25H37N3O3S. The first-order valence-corrected chi connectivity index (χ1v) is 14.2. The Bertz CT molecular complexity index is 935. The quantitative estimate of drug-likeness (QED) is 0.597. The van der Waals surface area contributed by atoms with Crippen LogP contribution in [0.15, 0.2) is 24.3 Å². The Kier molecular flexibility index (Phi) is 5.87. The third-order valence-electron chi connectivity index (χ3n) is 8.59. The summed E-state index contributed by atoms with van der Waals surface area (Å²) in [6.07, 6.45) is 13.3. The molecule has 0 spiro atoms. The molecule has 1 aromatic rings. The van der Waals surface area contributed by atoms with Gasteiger partial charge in [-0.2, -0.15) is 4.31 Å². The number of rotatable bonds is 8. The number of benzene rings is 1. The van der Waals surface area contributed by atoms with Crippen LogP contribution in [-0.4, -0.2) is 68.0 Å². The monoisotopic (exact) mass is 459 g/mol. The fourth-order valence-electron chi connectivity index (χ4n) is 5.71. The molecule has 3 saturated carbocycles. The smallest absolute Gasteiger partial charge is 0.245 e. The van der Waals surface area contributed by atoms with Crippen LogP contribution >= 0.6 is 0 Å². The number of sulfonamides is 1. The van der Waals surface area contributed by atoms with Crippen molar-refractivity contribution in [2.24, 2.45) is 0 Å². The highest BCUT2D eigenvalue weighted by Crippen LogP contribution is 2.51. The van der Waals surface area contributed by atoms with Crippen molar-refractivity contribution < 1.29 is 13.2 Å². The van der Waals surface area contributed by atoms with Gasteiger partial charge in [-0.15, -0.1) is 0 Å². The largest absolute Gasteiger partial charge is 0.311 e. The highest BCUT2D eigenvalue weighted by molar-refractivity contribution is 7.88. The lowest BCUT2D eigenvalue weighted by atomic mass is 9.82. The summed E-state index contributed by atoms with van der Waals surface area (Å²) in [5.74, 6) is -0.112. The van der Waals surface area contributed by atoms with Gasteiger partial charge in [0.2, 0.25) is 15.9 Å². The lowest BCUT2D eigenvalue weighted by molar-refractivity contribution is -0.123. The molecule has 4 fully saturated rings. The van der Waals surface area contributed by atoms with Crippen molar-refractivity contribution in [1.29, 1.82) is 0 Å². The van der Waals surface area contributed by atoms with Crippen LogP contribution in [0.4, 0.5) is 5.69 Å². The molecule has 5 rings (SSSR count). The second-order valence-electron chi connectivity index (χ2n) is 10.6. The summed E-state index contributed by atoms with van der Waals surface area (Å²) in [7, 11) is -1.89. The van der Waals surface area contributed by atoms with Gasteiger partial charge in [0, 0.05) is 43.3 Å². The average Bonchev–Trinajstić information content (AvgIpc) is 3.45. The first-order chi connectivity index (χ1) is 15.3. The molecule has 6 nitrogen and oxygen atoms in total. The minimum Gasteiger partial charge on any atom is -0.311 e. The van der Waals surface area contributed by atoms with Crippen LogP contribution in [0.2, 0.25) is 0 Å². The van der Waals surface area contributed by atoms with Gasteiger partial charge >= 0.3 is 0 Å². The zero-order chi connectivity index (χ0) is 22.5. The predicted octanol–water partition coefficient (Wildman–Crippen LogP) is 3.51. The van der Waals surface area contributed by atoms with Gasteiger partial charge in [-0.3, -0.25) is 9.69 Å². The molecule has 7 heteroatoms. The van der Waals surface area contributed by atoms with E-state index in [0.717, 1.165) is 24.2 Å². The van der Waals surface area contributed by atoms with E-state index in [2.05, 4.69) is 29.2 Å². The van der Waals surface area contributed by atoms with E-state index in [-0.39, 0.29) is 11.3 Å². The second-order valence-corrected chi connectivity index (χ2v) is 12.6. The van der Waals surface area contributed by atoms with Crippen molar-refractivity contribution in [2.75, 3.05) is 31.3 Å². The first kappa shape index (κ1) is 22.4. The molecule has 0 aromatic heterocycles. The summed E-state index contributed by atoms with van der Waals surface area (Å²) in [5.41, 5.74) is 2.57. The summed E-state index contributed by atoms with van der Waals surface area (Å²) in [6.45, 7) is 1.83. The predicted molar refractivity (Wildman–Crippen MR) is 127 cm³/mol. The van der Waals surface area contributed by atoms with Crippen molar-refractivity contribution in [3.8, 4) is 0 Å². The topological polar surface area (TPSA) is 60.9 Å². The number of amides is 1. The van der Waals surface area contributed by atoms with Gasteiger partial charge in [0.05, 0.1) is 6.26 Å². The third-order valence-corrected chi connectivity index (χ3v) is 9.89. The number of piperidine rings is 1. The van der Waals surface area contributed by atoms with Crippen LogP contribution in [-0.2, 0) is 20.2 Å². The number of hydrogen-bond acceptors (Lipinski definition) is 4. The Morgan fingerprint density at radius 1 is 0.969 bits per heavy atom. The van der Waals surface area contributed by atoms with E-state index >= 15 is 0 Å². The summed E-state index contributed by atoms with van der Waals surface area (Å²) in [4.78, 5) is 17.7. The number of likely N-dealkylation sites (N-methyl/N-ethyl adjacent to an activating group) is 1. The van der Waals surface area contributed by atoms with Gasteiger partial charge in [0.1, 0.15) is 6.04 Å². The number of anilines is 1. The van der Waals surface area contributed by atoms with Crippen molar-refractivity contribution in [3.63, 3.8) is 0 Å². The maximum atomic E-state index is 13.1. The molecule has 0 bridgehead atoms. The second kappa shape index (κ2) is 8.41. The van der Waals surface area contributed by atoms with E-state index < -0.39 is 16.1 Å². The van der Waals surface area contributed by atoms with Crippen LogP contribution in [0.1, 0.15) is 69.8 Å². The average molecular weight is 460 g/mol. The molecule has 32 heavy (non-hydrogen) atoms. The normalized spacial score (nSPS) is 26.3. The first-order valence-electron chi connectivity index (χ1n) is 12.4. The SMILES string of the molecule is CN(C1CCCN(c2ccc(C3(CN(C4CCC4)C4CCC4)CC3)cc2)C1=O)S(C)(=O)=O. The van der Waals surface area contributed by atoms with E-state index in [1.807, 2.05) is 0 Å². The Hall–Kier alpha value is -1.44. The molecule has 3 aliphatic carbocycles. The zero-order valence-electron chi connectivity index (χ0n) is 19.5. The zero-order valence-corrected chi connectivity index (χ0v) is 20.3. The highest BCUT2D eigenvalue weighted by Gasteiger charge is 2.48. The molecular weight excluding hydrogens is 422 g/mol. The van der Waals surface area contributed by atoms with E-state index in [1.54, 1.807) is 4.90 Å². The van der Waals surface area contributed by atoms with Crippen molar-refractivity contribution in [3.05, 3.63) is 29.8 Å². The van der Waals surface area contributed by atoms with Gasteiger partial charge < -0.3 is 4.90 Å². The molecule has 176 valence electrons. The molecule has 4 aliphatic rings. The molecule has 1 atom stereocenters. The number of nitrogens with zero attached hydrogens (tertiary/aromatic N) is 3. The highest BCUT2D eigenvalue weighted by atomic mass is 32.2. The number of carbonyl (C=O) groups is 1. The number of hydrogen-bond donors (Lipinski definition) is 0. The molecule has 0 radical (unpaired) electrons. The van der Waals surface area contributed by atoms with E-state index in [0.29, 0.717) is 13.0 Å². The molecule has 1 saturated heterocycles. The Balaban J connectivity index is 1.30. The summed E-state index contributed by atoms with van der Waals surface area (Å²) < 4.78 is 25.2. The molecule has 0 N–H and O–H groups in total. The van der Waals surface area contributed by atoms with Crippen LogP contribution in [0.3, 0.4) is 0 Å². The van der Waals surface area contributed by atoms with Crippen molar-refractivity contribution in [2.45, 2.75) is 87.7 Å². The summed E-state index contributed by atoms with van der Waals surface area (Å²) in [6, 6.07) is 9.59. The Morgan fingerprint density at radius 2 is 1.56 bits per heavy atom. The molecule has 1 aromatic carbocycles. The van der Waals surface area contributed by atoms with Crippen molar-refractivity contribution >= 4 is 21.6 Å². The molecule has 1 aliphatic heterocycles. The lowest BCUT2D eigenvalue weighted by Crippen LogP contribution is -2.52. The minimum atomic E-state index is -3.40. The maximum absolute atomic E-state index is 13.1. The number of carbonyl (C=O) groups excluding carboxylic acids is 1. The fourth-order valence-corrected chi connectivity index (χ4v) is 6.37. The van der Waals surface area contributed by atoms with Crippen LogP contribution in [0.25, 0.3) is 0 Å². The van der Waals surface area contributed by atoms with E-state index in [1.165, 1.54) is 81.1 Å². The third kappa shape index (κ3) is 4.12. The van der Waals surface area contributed by atoms with Gasteiger partial charge in [0.15, 0.2) is 0 Å². The van der Waals surface area contributed by atoms with Gasteiger partial charge in [-0.05, 0) is 69.1 Å². The van der Waals surface area contributed by atoms with Crippen LogP contribution < -0.4 is 4.90 Å². The standard InChI is InChI=1S/C25H37N3O3S/c1-26(32(2,30)31)23-10-5-17-27(24(23)29)22-13-11-19(12-14-22)25(15-16-25)18-28(20-6-3-7-20)21-8-4-9-21/h11-14,20-21,23H,3-10,15-18H2,1-2H3. The van der Waals surface area contributed by atoms with Gasteiger partial charge in [-0.1, -0.05) is 25.0 Å². The lowest BCUT2D eigenvalue weighted by Gasteiger charge is -2.47. The summed E-state index contributed by atoms with van der Waals surface area (Å²) >= 11 is 0. The molecule has 1 unspecified atom stereocenters. The van der Waals surface area contributed by atoms with E-state index in [9.17, 15) is 13.2 Å². The Morgan fingerprint density at radius 3 is 2.03 bits per heavy atom. The molecule has 1 amide bonds. The maximum Gasteiger partial charge on any atom is 0.245 e. The van der Waals surface area contributed by atoms with E-state index in [4.69, 9.17) is 0 Å². The van der Waals surface area contributed by atoms with Crippen LogP contribution in [0.5, 0.6) is 0 Å². The summed E-state index contributed by atoms with van der Waals surface area (Å²) in [5, 5.41) is 0.